The Morgan fingerprint density at radius 2 is 2.07 bits per heavy atom. The molecule has 0 unspecified atom stereocenters. The largest absolute Gasteiger partial charge is 0.367 e. The molecule has 8 heteroatoms. The Kier molecular flexibility index (Phi) is 4.69. The lowest BCUT2D eigenvalue weighted by Gasteiger charge is -2.36. The molecule has 1 aliphatic rings. The molecule has 0 N–H and O–H groups in total. The quantitative estimate of drug-likeness (QED) is 0.511. The van der Waals surface area contributed by atoms with Crippen LogP contribution in [0.25, 0.3) is 15.9 Å². The fourth-order valence-electron chi connectivity index (χ4n) is 4.11. The zero-order valence-electron chi connectivity index (χ0n) is 16.6. The van der Waals surface area contributed by atoms with Gasteiger partial charge in [0.15, 0.2) is 4.96 Å². The average Bonchev–Trinajstić information content (AvgIpc) is 3.23. The Bertz CT molecular complexity index is 1340. The van der Waals surface area contributed by atoms with Crippen LogP contribution in [-0.2, 0) is 6.54 Å². The van der Waals surface area contributed by atoms with Gasteiger partial charge in [-0.2, -0.15) is 5.26 Å². The summed E-state index contributed by atoms with van der Waals surface area (Å²) in [6.45, 7) is 5.99. The molecule has 1 saturated heterocycles. The number of hydrogen-bond acceptors (Lipinski definition) is 7. The molecule has 0 amide bonds. The first-order valence-electron chi connectivity index (χ1n) is 9.85. The van der Waals surface area contributed by atoms with Gasteiger partial charge in [0.1, 0.15) is 6.07 Å². The maximum Gasteiger partial charge on any atom is 0.258 e. The van der Waals surface area contributed by atoms with E-state index in [1.165, 1.54) is 11.3 Å². The summed E-state index contributed by atoms with van der Waals surface area (Å²) in [5.41, 5.74) is 4.41. The van der Waals surface area contributed by atoms with Gasteiger partial charge in [0, 0.05) is 62.0 Å². The van der Waals surface area contributed by atoms with E-state index in [-0.39, 0.29) is 5.56 Å². The molecule has 3 aromatic heterocycles. The number of rotatable bonds is 3. The minimum atomic E-state index is -0.0350. The normalized spacial score (nSPS) is 15.0. The smallest absolute Gasteiger partial charge is 0.258 e. The first-order valence-corrected chi connectivity index (χ1v) is 10.7. The Morgan fingerprint density at radius 1 is 1.23 bits per heavy atom. The molecule has 5 rings (SSSR count). The molecule has 7 nitrogen and oxygen atoms in total. The number of para-hydroxylation sites is 1. The van der Waals surface area contributed by atoms with Gasteiger partial charge in [-0.25, -0.2) is 4.98 Å². The second-order valence-corrected chi connectivity index (χ2v) is 8.38. The molecule has 4 heterocycles. The van der Waals surface area contributed by atoms with Crippen molar-refractivity contribution in [1.82, 2.24) is 19.3 Å². The van der Waals surface area contributed by atoms with Crippen LogP contribution >= 0.6 is 11.3 Å². The molecule has 0 aliphatic carbocycles. The van der Waals surface area contributed by atoms with Crippen LogP contribution in [0.15, 0.2) is 46.8 Å². The highest BCUT2D eigenvalue weighted by Gasteiger charge is 2.22. The number of aryl methyl sites for hydroxylation is 1. The lowest BCUT2D eigenvalue weighted by molar-refractivity contribution is 0.247. The molecule has 150 valence electrons. The summed E-state index contributed by atoms with van der Waals surface area (Å²) in [6.07, 6.45) is 3.44. The van der Waals surface area contributed by atoms with E-state index in [4.69, 9.17) is 0 Å². The molecule has 30 heavy (non-hydrogen) atoms. The van der Waals surface area contributed by atoms with E-state index in [1.54, 1.807) is 22.9 Å². The third-order valence-electron chi connectivity index (χ3n) is 5.62. The van der Waals surface area contributed by atoms with E-state index in [0.29, 0.717) is 12.1 Å². The van der Waals surface area contributed by atoms with Crippen molar-refractivity contribution in [2.45, 2.75) is 13.5 Å². The summed E-state index contributed by atoms with van der Waals surface area (Å²) in [5, 5.41) is 12.6. The zero-order valence-corrected chi connectivity index (χ0v) is 17.4. The molecule has 0 atom stereocenters. The fraction of sp³-hybridized carbons (Fsp3) is 0.273. The van der Waals surface area contributed by atoms with Crippen LogP contribution in [0.3, 0.4) is 0 Å². The van der Waals surface area contributed by atoms with Gasteiger partial charge in [0.25, 0.3) is 5.56 Å². The Balaban J connectivity index is 1.38. The zero-order chi connectivity index (χ0) is 20.7. The van der Waals surface area contributed by atoms with Crippen molar-refractivity contribution in [3.05, 3.63) is 69.2 Å². The van der Waals surface area contributed by atoms with Crippen LogP contribution < -0.4 is 10.5 Å². The van der Waals surface area contributed by atoms with E-state index in [1.807, 2.05) is 30.5 Å². The second-order valence-electron chi connectivity index (χ2n) is 7.51. The van der Waals surface area contributed by atoms with Gasteiger partial charge in [-0.3, -0.25) is 19.1 Å². The topological polar surface area (TPSA) is 77.5 Å². The minimum absolute atomic E-state index is 0.0350. The number of benzene rings is 1. The molecule has 1 aromatic carbocycles. The van der Waals surface area contributed by atoms with Gasteiger partial charge in [0.2, 0.25) is 0 Å². The predicted octanol–water partition coefficient (Wildman–Crippen LogP) is 2.81. The Labute approximate surface area is 177 Å². The van der Waals surface area contributed by atoms with Gasteiger partial charge in [-0.1, -0.05) is 18.2 Å². The first-order chi connectivity index (χ1) is 14.6. The number of anilines is 1. The number of thiazole rings is 1. The van der Waals surface area contributed by atoms with Crippen molar-refractivity contribution in [2.24, 2.45) is 0 Å². The molecular formula is C22H20N6OS. The minimum Gasteiger partial charge on any atom is -0.367 e. The average molecular weight is 417 g/mol. The van der Waals surface area contributed by atoms with Crippen LogP contribution in [0.1, 0.15) is 16.8 Å². The van der Waals surface area contributed by atoms with Crippen LogP contribution in [0.2, 0.25) is 0 Å². The molecule has 0 radical (unpaired) electrons. The summed E-state index contributed by atoms with van der Waals surface area (Å²) >= 11 is 1.47. The maximum atomic E-state index is 12.2. The van der Waals surface area contributed by atoms with E-state index in [0.717, 1.165) is 59.0 Å². The lowest BCUT2D eigenvalue weighted by Crippen LogP contribution is -2.46. The van der Waals surface area contributed by atoms with Gasteiger partial charge in [0.05, 0.1) is 22.5 Å². The monoisotopic (exact) mass is 416 g/mol. The number of nitrogens with zero attached hydrogens (tertiary/aromatic N) is 6. The summed E-state index contributed by atoms with van der Waals surface area (Å²) in [7, 11) is 0. The standard InChI is InChI=1S/C22H20N6OS/c1-15-3-2-4-18-20(15)24-13-16(12-23)21(18)27-7-5-26(6-8-27)14-17-11-19(29)28-9-10-30-22(28)25-17/h2-4,9-11,13H,5-8,14H2,1H3. The molecule has 4 aromatic rings. The fourth-order valence-corrected chi connectivity index (χ4v) is 4.85. The van der Waals surface area contributed by atoms with Crippen molar-refractivity contribution in [3.8, 4) is 6.07 Å². The summed E-state index contributed by atoms with van der Waals surface area (Å²) < 4.78 is 1.58. The number of hydrogen-bond donors (Lipinski definition) is 0. The van der Waals surface area contributed by atoms with Gasteiger partial charge < -0.3 is 4.90 Å². The van der Waals surface area contributed by atoms with Crippen molar-refractivity contribution >= 4 is 32.9 Å². The second kappa shape index (κ2) is 7.52. The van der Waals surface area contributed by atoms with Crippen molar-refractivity contribution in [1.29, 1.82) is 5.26 Å². The molecule has 0 spiro atoms. The Morgan fingerprint density at radius 3 is 2.87 bits per heavy atom. The van der Waals surface area contributed by atoms with Crippen LogP contribution in [0, 0.1) is 18.3 Å². The maximum absolute atomic E-state index is 12.2. The van der Waals surface area contributed by atoms with E-state index >= 15 is 0 Å². The SMILES string of the molecule is Cc1cccc2c(N3CCN(Cc4cc(=O)n5ccsc5n4)CC3)c(C#N)cnc12. The van der Waals surface area contributed by atoms with Crippen molar-refractivity contribution in [2.75, 3.05) is 31.1 Å². The number of nitriles is 1. The number of fused-ring (bicyclic) bond motifs is 2. The number of pyridine rings is 1. The van der Waals surface area contributed by atoms with Crippen LogP contribution in [0.4, 0.5) is 5.69 Å². The lowest BCUT2D eigenvalue weighted by atomic mass is 10.0. The molecule has 1 fully saturated rings. The first kappa shape index (κ1) is 18.7. The van der Waals surface area contributed by atoms with Crippen molar-refractivity contribution in [3.63, 3.8) is 0 Å². The summed E-state index contributed by atoms with van der Waals surface area (Å²) in [6, 6.07) is 10.0. The predicted molar refractivity (Wildman–Crippen MR) is 118 cm³/mol. The summed E-state index contributed by atoms with van der Waals surface area (Å²) in [5.74, 6) is 0. The van der Waals surface area contributed by atoms with Crippen LogP contribution in [-0.4, -0.2) is 45.4 Å². The highest BCUT2D eigenvalue weighted by atomic mass is 32.1. The van der Waals surface area contributed by atoms with E-state index < -0.39 is 0 Å². The molecular weight excluding hydrogens is 396 g/mol. The van der Waals surface area contributed by atoms with E-state index in [9.17, 15) is 10.1 Å². The number of aromatic nitrogens is 3. The van der Waals surface area contributed by atoms with Crippen LogP contribution in [0.5, 0.6) is 0 Å². The summed E-state index contributed by atoms with van der Waals surface area (Å²) in [4.78, 5) is 26.7. The third-order valence-corrected chi connectivity index (χ3v) is 6.38. The highest BCUT2D eigenvalue weighted by Crippen LogP contribution is 2.31. The van der Waals surface area contributed by atoms with Crippen molar-refractivity contribution < 1.29 is 0 Å². The Hall–Kier alpha value is -3.28. The third kappa shape index (κ3) is 3.22. The highest BCUT2D eigenvalue weighted by molar-refractivity contribution is 7.15. The van der Waals surface area contributed by atoms with E-state index in [2.05, 4.69) is 25.8 Å². The van der Waals surface area contributed by atoms with Gasteiger partial charge in [-0.05, 0) is 12.5 Å². The number of piperazine rings is 1. The van der Waals surface area contributed by atoms with Gasteiger partial charge >= 0.3 is 0 Å². The van der Waals surface area contributed by atoms with Gasteiger partial charge in [-0.15, -0.1) is 11.3 Å². The molecule has 0 bridgehead atoms. The molecule has 0 saturated carbocycles. The molecule has 1 aliphatic heterocycles.